The van der Waals surface area contributed by atoms with Crippen molar-refractivity contribution >= 4 is 29.4 Å². The highest BCUT2D eigenvalue weighted by molar-refractivity contribution is 5.97. The maximum atomic E-state index is 14.1. The predicted molar refractivity (Wildman–Crippen MR) is 212 cm³/mol. The molecule has 4 N–H and O–H groups in total. The SMILES string of the molecule is CC(C)C[C@H](NC(=O)[C@H](CCc1ccccc1)NC(=O)CCN1CCN(C)CC1)C(=O)N[C@@H](Cc1ccccc1)C(=O)N[C@@H](CC(C)C)C(=O)C1(C)CC1. The molecule has 4 rings (SSSR count). The van der Waals surface area contributed by atoms with Gasteiger partial charge in [0, 0.05) is 51.0 Å². The number of nitrogens with one attached hydrogen (secondary N) is 4. The molecule has 1 aliphatic carbocycles. The van der Waals surface area contributed by atoms with E-state index in [-0.39, 0.29) is 36.4 Å². The Bertz CT molecular complexity index is 1520. The minimum atomic E-state index is -0.982. The van der Waals surface area contributed by atoms with Gasteiger partial charge in [-0.3, -0.25) is 24.0 Å². The lowest BCUT2D eigenvalue weighted by Crippen LogP contribution is -2.58. The zero-order valence-corrected chi connectivity index (χ0v) is 33.4. The zero-order valence-electron chi connectivity index (χ0n) is 33.4. The molecule has 1 heterocycles. The molecule has 2 aliphatic rings. The highest BCUT2D eigenvalue weighted by Crippen LogP contribution is 2.47. The quantitative estimate of drug-likeness (QED) is 0.152. The number of carbonyl (C=O) groups excluding carboxylic acids is 5. The third-order valence-electron chi connectivity index (χ3n) is 10.7. The summed E-state index contributed by atoms with van der Waals surface area (Å²) in [7, 11) is 2.09. The van der Waals surface area contributed by atoms with Gasteiger partial charge in [-0.05, 0) is 68.5 Å². The van der Waals surface area contributed by atoms with Crippen LogP contribution in [0.5, 0.6) is 0 Å². The highest BCUT2D eigenvalue weighted by Gasteiger charge is 2.48. The number of hydrogen-bond donors (Lipinski definition) is 4. The number of ketones is 1. The van der Waals surface area contributed by atoms with Gasteiger partial charge in [0.05, 0.1) is 6.04 Å². The number of Topliss-reactive ketones (excluding diaryl/α,β-unsaturated/α-hetero) is 1. The molecule has 11 nitrogen and oxygen atoms in total. The summed E-state index contributed by atoms with van der Waals surface area (Å²) in [5.74, 6) is -1.32. The van der Waals surface area contributed by atoms with Crippen LogP contribution in [-0.2, 0) is 36.8 Å². The van der Waals surface area contributed by atoms with Crippen molar-refractivity contribution in [3.8, 4) is 0 Å². The fourth-order valence-electron chi connectivity index (χ4n) is 6.96. The summed E-state index contributed by atoms with van der Waals surface area (Å²) in [6.07, 6.45) is 3.84. The Morgan fingerprint density at radius 2 is 1.15 bits per heavy atom. The van der Waals surface area contributed by atoms with Crippen LogP contribution in [-0.4, -0.2) is 103 Å². The molecule has 0 spiro atoms. The number of aryl methyl sites for hydroxylation is 1. The van der Waals surface area contributed by atoms with Crippen LogP contribution in [0, 0.1) is 17.3 Å². The van der Waals surface area contributed by atoms with Gasteiger partial charge in [-0.1, -0.05) is 95.3 Å². The number of amides is 4. The van der Waals surface area contributed by atoms with Gasteiger partial charge in [0.1, 0.15) is 18.1 Å². The number of piperazine rings is 1. The third kappa shape index (κ3) is 14.0. The molecule has 2 fully saturated rings. The molecule has 1 saturated heterocycles. The second-order valence-corrected chi connectivity index (χ2v) is 16.6. The minimum absolute atomic E-state index is 0.0337. The Morgan fingerprint density at radius 3 is 1.72 bits per heavy atom. The van der Waals surface area contributed by atoms with E-state index in [1.165, 1.54) is 0 Å². The highest BCUT2D eigenvalue weighted by atomic mass is 16.2. The van der Waals surface area contributed by atoms with E-state index in [2.05, 4.69) is 38.1 Å². The maximum absolute atomic E-state index is 14.1. The molecule has 0 unspecified atom stereocenters. The van der Waals surface area contributed by atoms with E-state index >= 15 is 0 Å². The fourth-order valence-corrected chi connectivity index (χ4v) is 6.96. The molecule has 0 aromatic heterocycles. The first kappa shape index (κ1) is 42.6. The summed E-state index contributed by atoms with van der Waals surface area (Å²) < 4.78 is 0. The van der Waals surface area contributed by atoms with Crippen molar-refractivity contribution in [2.75, 3.05) is 39.8 Å². The molecule has 54 heavy (non-hydrogen) atoms. The monoisotopic (exact) mass is 744 g/mol. The van der Waals surface area contributed by atoms with Crippen LogP contribution in [0.2, 0.25) is 0 Å². The van der Waals surface area contributed by atoms with E-state index in [9.17, 15) is 24.0 Å². The normalized spacial score (nSPS) is 17.9. The van der Waals surface area contributed by atoms with Crippen molar-refractivity contribution in [1.82, 2.24) is 31.1 Å². The molecule has 4 atom stereocenters. The molecule has 296 valence electrons. The van der Waals surface area contributed by atoms with Crippen molar-refractivity contribution in [3.63, 3.8) is 0 Å². The predicted octanol–water partition coefficient (Wildman–Crippen LogP) is 3.90. The van der Waals surface area contributed by atoms with Gasteiger partial charge < -0.3 is 31.1 Å². The second kappa shape index (κ2) is 20.6. The van der Waals surface area contributed by atoms with E-state index < -0.39 is 47.3 Å². The summed E-state index contributed by atoms with van der Waals surface area (Å²) in [5.41, 5.74) is 1.47. The third-order valence-corrected chi connectivity index (χ3v) is 10.7. The molecule has 1 aliphatic heterocycles. The van der Waals surface area contributed by atoms with E-state index in [1.54, 1.807) is 0 Å². The number of carbonyl (C=O) groups is 5. The van der Waals surface area contributed by atoms with Crippen LogP contribution in [0.25, 0.3) is 0 Å². The zero-order chi connectivity index (χ0) is 39.3. The second-order valence-electron chi connectivity index (χ2n) is 16.6. The lowest BCUT2D eigenvalue weighted by molar-refractivity contribution is -0.135. The largest absolute Gasteiger partial charge is 0.344 e. The Morgan fingerprint density at radius 1 is 0.648 bits per heavy atom. The van der Waals surface area contributed by atoms with Crippen LogP contribution >= 0.6 is 0 Å². The summed E-state index contributed by atoms with van der Waals surface area (Å²) in [6, 6.07) is 15.8. The molecular formula is C43H64N6O5. The smallest absolute Gasteiger partial charge is 0.243 e. The van der Waals surface area contributed by atoms with Crippen LogP contribution in [0.4, 0.5) is 0 Å². The fraction of sp³-hybridized carbons (Fsp3) is 0.605. The first-order valence-electron chi connectivity index (χ1n) is 20.0. The summed E-state index contributed by atoms with van der Waals surface area (Å²) in [5, 5.41) is 11.9. The molecule has 4 amide bonds. The summed E-state index contributed by atoms with van der Waals surface area (Å²) >= 11 is 0. The van der Waals surface area contributed by atoms with E-state index in [0.29, 0.717) is 32.2 Å². The number of benzene rings is 2. The van der Waals surface area contributed by atoms with Crippen LogP contribution in [0.15, 0.2) is 60.7 Å². The average Bonchev–Trinajstić information content (AvgIpc) is 3.90. The Labute approximate surface area is 322 Å². The first-order valence-corrected chi connectivity index (χ1v) is 20.0. The van der Waals surface area contributed by atoms with E-state index in [0.717, 1.165) is 50.1 Å². The molecule has 0 bridgehead atoms. The summed E-state index contributed by atoms with van der Waals surface area (Å²) in [4.78, 5) is 73.5. The lowest BCUT2D eigenvalue weighted by Gasteiger charge is -2.32. The maximum Gasteiger partial charge on any atom is 0.243 e. The summed E-state index contributed by atoms with van der Waals surface area (Å²) in [6.45, 7) is 14.2. The molecule has 1 saturated carbocycles. The average molecular weight is 745 g/mol. The number of nitrogens with zero attached hydrogens (tertiary/aromatic N) is 2. The van der Waals surface area contributed by atoms with Crippen LogP contribution in [0.3, 0.4) is 0 Å². The van der Waals surface area contributed by atoms with Crippen LogP contribution < -0.4 is 21.3 Å². The molecule has 0 radical (unpaired) electrons. The van der Waals surface area contributed by atoms with Crippen molar-refractivity contribution in [2.24, 2.45) is 17.3 Å². The number of rotatable bonds is 21. The van der Waals surface area contributed by atoms with Crippen LogP contribution in [0.1, 0.15) is 84.3 Å². The minimum Gasteiger partial charge on any atom is -0.344 e. The van der Waals surface area contributed by atoms with Crippen molar-refractivity contribution in [3.05, 3.63) is 71.8 Å². The Hall–Kier alpha value is -4.09. The van der Waals surface area contributed by atoms with Gasteiger partial charge in [-0.2, -0.15) is 0 Å². The van der Waals surface area contributed by atoms with E-state index in [1.807, 2.05) is 95.3 Å². The van der Waals surface area contributed by atoms with Gasteiger partial charge in [0.2, 0.25) is 23.6 Å². The topological polar surface area (TPSA) is 140 Å². The van der Waals surface area contributed by atoms with Gasteiger partial charge >= 0.3 is 0 Å². The van der Waals surface area contributed by atoms with Crippen molar-refractivity contribution in [2.45, 2.75) is 110 Å². The van der Waals surface area contributed by atoms with Gasteiger partial charge in [0.25, 0.3) is 0 Å². The van der Waals surface area contributed by atoms with Gasteiger partial charge in [-0.15, -0.1) is 0 Å². The molecular weight excluding hydrogens is 681 g/mol. The molecule has 2 aromatic rings. The van der Waals surface area contributed by atoms with Crippen molar-refractivity contribution < 1.29 is 24.0 Å². The standard InChI is InChI=1S/C43H64N6O5/c1-30(2)27-35(39(51)43(5)20-21-43)45-42(54)37(29-33-15-11-8-12-16-33)47-41(53)36(28-31(3)4)46-40(52)34(18-17-32-13-9-7-10-14-32)44-38(50)19-22-49-25-23-48(6)24-26-49/h7-16,30-31,34-37H,17-29H2,1-6H3,(H,44,50)(H,45,54)(H,46,52)(H,47,53)/t34-,35-,36-,37-/m0/s1. The molecule has 2 aromatic carbocycles. The van der Waals surface area contributed by atoms with E-state index in [4.69, 9.17) is 0 Å². The number of hydrogen-bond acceptors (Lipinski definition) is 7. The number of likely N-dealkylation sites (N-methyl/N-ethyl adjacent to an activating group) is 1. The lowest BCUT2D eigenvalue weighted by atomic mass is 9.91. The van der Waals surface area contributed by atoms with Gasteiger partial charge in [0.15, 0.2) is 5.78 Å². The van der Waals surface area contributed by atoms with Gasteiger partial charge in [-0.25, -0.2) is 0 Å². The van der Waals surface area contributed by atoms with Crippen molar-refractivity contribution in [1.29, 1.82) is 0 Å². The Balaban J connectivity index is 1.49. The Kier molecular flexibility index (Phi) is 16.2. The molecule has 11 heteroatoms. The first-order chi connectivity index (χ1) is 25.7.